The number of rotatable bonds is 24. The first-order valence-corrected chi connectivity index (χ1v) is 18.9. The summed E-state index contributed by atoms with van der Waals surface area (Å²) >= 11 is 5.97. The number of carboxylic acid groups (broad SMARTS) is 1. The number of unbranched alkanes of at least 4 members (excludes halogenated alkanes) is 3. The first kappa shape index (κ1) is 45.3. The molecule has 55 heavy (non-hydrogen) atoms. The fourth-order valence-corrected chi connectivity index (χ4v) is 6.21. The summed E-state index contributed by atoms with van der Waals surface area (Å²) in [4.78, 5) is 36.2. The molecule has 304 valence electrons. The Morgan fingerprint density at radius 3 is 2.22 bits per heavy atom. The third-order valence-electron chi connectivity index (χ3n) is 9.42. The zero-order valence-corrected chi connectivity index (χ0v) is 32.3. The molecule has 1 aromatic heterocycles. The molecule has 0 aliphatic carbocycles. The maximum Gasteiger partial charge on any atom is 0.411 e. The predicted molar refractivity (Wildman–Crippen MR) is 212 cm³/mol. The van der Waals surface area contributed by atoms with Gasteiger partial charge in [0.1, 0.15) is 18.3 Å². The van der Waals surface area contributed by atoms with Crippen molar-refractivity contribution in [2.24, 2.45) is 5.92 Å². The van der Waals surface area contributed by atoms with E-state index in [-0.39, 0.29) is 48.0 Å². The molecule has 12 N–H and O–H groups in total. The van der Waals surface area contributed by atoms with Crippen molar-refractivity contribution >= 4 is 40.9 Å². The number of nitrogens with zero attached hydrogens (tertiary/aromatic N) is 4. The topological polar surface area (TPSA) is 264 Å². The first-order valence-electron chi connectivity index (χ1n) is 18.5. The summed E-state index contributed by atoms with van der Waals surface area (Å²) in [6.45, 7) is 5.38. The van der Waals surface area contributed by atoms with Gasteiger partial charge in [0.15, 0.2) is 22.5 Å². The van der Waals surface area contributed by atoms with Crippen molar-refractivity contribution in [1.29, 1.82) is 0 Å². The molecule has 3 aromatic rings. The summed E-state index contributed by atoms with van der Waals surface area (Å²) in [6, 6.07) is 15.1. The Balaban J connectivity index is 1.64. The number of nitrogen functional groups attached to an aromatic ring is 2. The second-order valence-corrected chi connectivity index (χ2v) is 14.1. The summed E-state index contributed by atoms with van der Waals surface area (Å²) < 4.78 is 0. The Hall–Kier alpha value is -4.13. The summed E-state index contributed by atoms with van der Waals surface area (Å²) in [5.41, 5.74) is 15.0. The van der Waals surface area contributed by atoms with Gasteiger partial charge in [-0.3, -0.25) is 14.6 Å². The minimum Gasteiger partial charge on any atom is -0.465 e. The number of nitrogens with one attached hydrogen (secondary N) is 2. The van der Waals surface area contributed by atoms with Crippen LogP contribution in [0.1, 0.15) is 59.8 Å². The third-order valence-corrected chi connectivity index (χ3v) is 9.70. The smallest absolute Gasteiger partial charge is 0.411 e. The molecular formula is C38H57ClN8O8. The number of aliphatic hydroxyl groups excluding tert-OH is 5. The third kappa shape index (κ3) is 14.5. The van der Waals surface area contributed by atoms with Gasteiger partial charge in [-0.15, -0.1) is 0 Å². The molecule has 0 bridgehead atoms. The molecule has 16 nitrogen and oxygen atoms in total. The lowest BCUT2D eigenvalue weighted by Gasteiger charge is -2.31. The highest BCUT2D eigenvalue weighted by Gasteiger charge is 2.31. The number of aliphatic hydroxyl groups is 5. The molecule has 0 saturated heterocycles. The van der Waals surface area contributed by atoms with E-state index in [9.17, 15) is 35.1 Å². The molecule has 0 spiro atoms. The Morgan fingerprint density at radius 2 is 1.56 bits per heavy atom. The highest BCUT2D eigenvalue weighted by molar-refractivity contribution is 6.31. The van der Waals surface area contributed by atoms with E-state index in [1.165, 1.54) is 4.90 Å². The molecule has 0 fully saturated rings. The monoisotopic (exact) mass is 788 g/mol. The van der Waals surface area contributed by atoms with E-state index in [1.54, 1.807) is 12.1 Å². The lowest BCUT2D eigenvalue weighted by Crippen LogP contribution is -2.50. The highest BCUT2D eigenvalue weighted by Crippen LogP contribution is 2.19. The fourth-order valence-electron chi connectivity index (χ4n) is 6.08. The SMILES string of the molecule is CCCCCCN(CCN(C(=O)O)c1ccc(CNC[C@H](CNC(=O)c2nc(Cl)c(N)nc2N)Cc2ccccc2C)cc1)C[C@H](O)[C@@H](O)[C@H](O)[C@H](O)CO. The molecule has 0 aliphatic heterocycles. The van der Waals surface area contributed by atoms with Crippen molar-refractivity contribution in [3.8, 4) is 0 Å². The van der Waals surface area contributed by atoms with Crippen LogP contribution < -0.4 is 27.0 Å². The Morgan fingerprint density at radius 1 is 0.873 bits per heavy atom. The number of carbonyl (C=O) groups is 2. The molecule has 0 saturated carbocycles. The number of anilines is 3. The molecule has 0 aliphatic rings. The molecule has 1 heterocycles. The Bertz CT molecular complexity index is 1640. The summed E-state index contributed by atoms with van der Waals surface area (Å²) in [5, 5.41) is 66.2. The van der Waals surface area contributed by atoms with Crippen LogP contribution in [0, 0.1) is 12.8 Å². The second-order valence-electron chi connectivity index (χ2n) is 13.7. The lowest BCUT2D eigenvalue weighted by atomic mass is 9.95. The number of amides is 2. The number of aryl methyl sites for hydroxylation is 1. The number of nitrogens with two attached hydrogens (primary N) is 2. The number of aromatic nitrogens is 2. The maximum absolute atomic E-state index is 13.0. The van der Waals surface area contributed by atoms with Gasteiger partial charge in [-0.1, -0.05) is 74.2 Å². The largest absolute Gasteiger partial charge is 0.465 e. The standard InChI is InChI=1S/C38H57ClN8O8/c1-3-4-5-8-15-46(22-29(49)32(51)33(52)30(50)23-48)16-17-47(38(54)55)28-13-11-25(12-14-28)19-42-20-26(18-27-10-7-6-9-24(27)2)21-43-37(53)31-35(40)45-36(41)34(39)44-31/h6-7,9-14,26,29-30,32-33,42,48-52H,3-5,8,15-23H2,1-2H3,(H,43,53)(H,54,55)(H4,40,41,45)/t26-,29+,30-,32-,33-/m1/s1. The zero-order chi connectivity index (χ0) is 40.5. The van der Waals surface area contributed by atoms with Gasteiger partial charge in [0.2, 0.25) is 0 Å². The predicted octanol–water partition coefficient (Wildman–Crippen LogP) is 1.78. The minimum atomic E-state index is -1.75. The number of benzene rings is 2. The van der Waals surface area contributed by atoms with Crippen LogP contribution in [0.2, 0.25) is 5.15 Å². The van der Waals surface area contributed by atoms with E-state index in [0.29, 0.717) is 38.3 Å². The summed E-state index contributed by atoms with van der Waals surface area (Å²) in [5.74, 6) is -0.739. The van der Waals surface area contributed by atoms with Crippen LogP contribution in [0.3, 0.4) is 0 Å². The van der Waals surface area contributed by atoms with E-state index in [2.05, 4.69) is 27.5 Å². The van der Waals surface area contributed by atoms with Crippen LogP contribution in [0.15, 0.2) is 48.5 Å². The van der Waals surface area contributed by atoms with Crippen molar-refractivity contribution in [2.75, 3.05) is 62.2 Å². The fraction of sp³-hybridized carbons (Fsp3) is 0.526. The molecule has 0 radical (unpaired) electrons. The van der Waals surface area contributed by atoms with Crippen molar-refractivity contribution in [3.63, 3.8) is 0 Å². The molecule has 0 unspecified atom stereocenters. The molecule has 2 aromatic carbocycles. The molecular weight excluding hydrogens is 732 g/mol. The van der Waals surface area contributed by atoms with Gasteiger partial charge in [0.25, 0.3) is 5.91 Å². The van der Waals surface area contributed by atoms with Crippen LogP contribution in [0.5, 0.6) is 0 Å². The van der Waals surface area contributed by atoms with Gasteiger partial charge in [-0.05, 0) is 61.1 Å². The van der Waals surface area contributed by atoms with Crippen molar-refractivity contribution in [3.05, 3.63) is 76.1 Å². The van der Waals surface area contributed by atoms with Crippen LogP contribution in [0.4, 0.5) is 22.1 Å². The molecule has 17 heteroatoms. The van der Waals surface area contributed by atoms with Crippen LogP contribution in [-0.2, 0) is 13.0 Å². The molecule has 3 rings (SSSR count). The van der Waals surface area contributed by atoms with Gasteiger partial charge in [-0.2, -0.15) is 0 Å². The van der Waals surface area contributed by atoms with E-state index in [4.69, 9.17) is 28.2 Å². The van der Waals surface area contributed by atoms with Gasteiger partial charge >= 0.3 is 6.09 Å². The summed E-state index contributed by atoms with van der Waals surface area (Å²) in [6.07, 6.45) is -3.27. The van der Waals surface area contributed by atoms with Gasteiger partial charge < -0.3 is 52.7 Å². The van der Waals surface area contributed by atoms with Gasteiger partial charge in [-0.25, -0.2) is 14.8 Å². The second kappa shape index (κ2) is 23.1. The number of hydrogen-bond acceptors (Lipinski definition) is 13. The quantitative estimate of drug-likeness (QED) is 0.0581. The van der Waals surface area contributed by atoms with Crippen LogP contribution >= 0.6 is 11.6 Å². The Kier molecular flexibility index (Phi) is 19.0. The van der Waals surface area contributed by atoms with Crippen molar-refractivity contribution < 1.29 is 40.2 Å². The Labute approximate surface area is 327 Å². The average molecular weight is 789 g/mol. The first-order chi connectivity index (χ1) is 26.2. The average Bonchev–Trinajstić information content (AvgIpc) is 3.16. The molecule has 2 amide bonds. The normalized spacial score (nSPS) is 14.3. The van der Waals surface area contributed by atoms with Crippen molar-refractivity contribution in [1.82, 2.24) is 25.5 Å². The summed E-state index contributed by atoms with van der Waals surface area (Å²) in [7, 11) is 0. The number of carbonyl (C=O) groups excluding carboxylic acids is 1. The number of halogens is 1. The lowest BCUT2D eigenvalue weighted by molar-refractivity contribution is -0.119. The van der Waals surface area contributed by atoms with Crippen LogP contribution in [-0.4, -0.2) is 128 Å². The number of hydrogen-bond donors (Lipinski definition) is 10. The van der Waals surface area contributed by atoms with E-state index >= 15 is 0 Å². The minimum absolute atomic E-state index is 0.0298. The van der Waals surface area contributed by atoms with Crippen LogP contribution in [0.25, 0.3) is 0 Å². The van der Waals surface area contributed by atoms with Gasteiger partial charge in [0.05, 0.1) is 12.7 Å². The van der Waals surface area contributed by atoms with E-state index < -0.39 is 43.0 Å². The van der Waals surface area contributed by atoms with Crippen molar-refractivity contribution in [2.45, 2.75) is 76.9 Å². The van der Waals surface area contributed by atoms with Gasteiger partial charge in [0, 0.05) is 45.0 Å². The maximum atomic E-state index is 13.0. The highest BCUT2D eigenvalue weighted by atomic mass is 35.5. The van der Waals surface area contributed by atoms with E-state index in [1.807, 2.05) is 48.2 Å². The zero-order valence-electron chi connectivity index (χ0n) is 31.5. The molecule has 5 atom stereocenters. The van der Waals surface area contributed by atoms with E-state index in [0.717, 1.165) is 42.4 Å².